The van der Waals surface area contributed by atoms with Crippen LogP contribution in [0, 0.1) is 19.7 Å². The quantitative estimate of drug-likeness (QED) is 0.292. The summed E-state index contributed by atoms with van der Waals surface area (Å²) in [7, 11) is 0. The van der Waals surface area contributed by atoms with E-state index >= 15 is 0 Å². The summed E-state index contributed by atoms with van der Waals surface area (Å²) in [6.07, 6.45) is 0.653. The second-order valence-corrected chi connectivity index (χ2v) is 9.18. The van der Waals surface area contributed by atoms with Crippen molar-refractivity contribution in [1.82, 2.24) is 14.7 Å². The van der Waals surface area contributed by atoms with Gasteiger partial charge in [0.15, 0.2) is 5.76 Å². The van der Waals surface area contributed by atoms with Crippen LogP contribution in [-0.4, -0.2) is 14.7 Å². The van der Waals surface area contributed by atoms with E-state index in [1.807, 2.05) is 62.4 Å². The first-order valence-electron chi connectivity index (χ1n) is 10.9. The number of aromatic nitrogens is 3. The summed E-state index contributed by atoms with van der Waals surface area (Å²) < 4.78 is 21.1. The van der Waals surface area contributed by atoms with Crippen molar-refractivity contribution in [3.05, 3.63) is 106 Å². The van der Waals surface area contributed by atoms with Gasteiger partial charge in [-0.1, -0.05) is 47.6 Å². The van der Waals surface area contributed by atoms with E-state index in [0.29, 0.717) is 41.4 Å². The van der Waals surface area contributed by atoms with Gasteiger partial charge in [-0.3, -0.25) is 9.36 Å². The zero-order valence-electron chi connectivity index (χ0n) is 18.8. The van der Waals surface area contributed by atoms with E-state index in [1.54, 1.807) is 16.7 Å². The van der Waals surface area contributed by atoms with Crippen molar-refractivity contribution in [2.24, 2.45) is 0 Å². The fraction of sp³-hybridized carbons (Fsp3) is 0.148. The Morgan fingerprint density at radius 1 is 0.971 bits per heavy atom. The van der Waals surface area contributed by atoms with Crippen molar-refractivity contribution in [3.8, 4) is 32.5 Å². The topological polar surface area (TPSA) is 60.9 Å². The third-order valence-electron chi connectivity index (χ3n) is 5.62. The lowest BCUT2D eigenvalue weighted by Crippen LogP contribution is -2.26. The summed E-state index contributed by atoms with van der Waals surface area (Å²) in [4.78, 5) is 20.3. The minimum absolute atomic E-state index is 0.148. The highest BCUT2D eigenvalue weighted by atomic mass is 32.1. The van der Waals surface area contributed by atoms with E-state index in [4.69, 9.17) is 9.51 Å². The molecule has 0 atom stereocenters. The van der Waals surface area contributed by atoms with Gasteiger partial charge >= 0.3 is 0 Å². The molecule has 0 bridgehead atoms. The molecule has 0 saturated heterocycles. The molecule has 0 N–H and O–H groups in total. The van der Waals surface area contributed by atoms with Crippen LogP contribution in [-0.2, 0) is 13.0 Å². The Hall–Kier alpha value is -3.84. The molecule has 7 heteroatoms. The Balaban J connectivity index is 1.62. The molecule has 34 heavy (non-hydrogen) atoms. The van der Waals surface area contributed by atoms with Crippen LogP contribution in [0.15, 0.2) is 82.1 Å². The zero-order chi connectivity index (χ0) is 23.7. The SMILES string of the molecule is Cc1cc(-c2ccc(-c3c(C)nc(-c4cccc(F)c4)n(CCc4ccccc4)c3=O)s2)on1. The number of rotatable bonds is 6. The van der Waals surface area contributed by atoms with Gasteiger partial charge in [-0.05, 0) is 50.1 Å². The molecule has 0 amide bonds. The molecular formula is C27H22FN3O2S. The standard InChI is InChI=1S/C27H22FN3O2S/c1-17-15-22(33-30-17)23-11-12-24(34-23)25-18(2)29-26(20-9-6-10-21(28)16-20)31(27(25)32)14-13-19-7-4-3-5-8-19/h3-12,15-16H,13-14H2,1-2H3. The highest BCUT2D eigenvalue weighted by Gasteiger charge is 2.20. The van der Waals surface area contributed by atoms with E-state index in [2.05, 4.69) is 5.16 Å². The normalized spacial score (nSPS) is 11.1. The monoisotopic (exact) mass is 471 g/mol. The number of thiophene rings is 1. The van der Waals surface area contributed by atoms with Crippen molar-refractivity contribution in [2.75, 3.05) is 0 Å². The smallest absolute Gasteiger partial charge is 0.262 e. The Bertz CT molecular complexity index is 1520. The van der Waals surface area contributed by atoms with Gasteiger partial charge in [-0.15, -0.1) is 11.3 Å². The summed E-state index contributed by atoms with van der Waals surface area (Å²) >= 11 is 1.46. The first-order chi connectivity index (χ1) is 16.5. The number of benzene rings is 2. The van der Waals surface area contributed by atoms with Gasteiger partial charge in [-0.25, -0.2) is 9.37 Å². The molecule has 0 unspecified atom stereocenters. The van der Waals surface area contributed by atoms with Gasteiger partial charge in [0.1, 0.15) is 11.6 Å². The molecule has 0 radical (unpaired) electrons. The van der Waals surface area contributed by atoms with Gasteiger partial charge in [0, 0.05) is 23.1 Å². The molecule has 0 fully saturated rings. The van der Waals surface area contributed by atoms with Crippen LogP contribution in [0.4, 0.5) is 4.39 Å². The lowest BCUT2D eigenvalue weighted by Gasteiger charge is -2.16. The van der Waals surface area contributed by atoms with Crippen molar-refractivity contribution >= 4 is 11.3 Å². The van der Waals surface area contributed by atoms with E-state index in [9.17, 15) is 9.18 Å². The average Bonchev–Trinajstić information content (AvgIpc) is 3.48. The Morgan fingerprint density at radius 3 is 2.50 bits per heavy atom. The fourth-order valence-corrected chi connectivity index (χ4v) is 5.01. The lowest BCUT2D eigenvalue weighted by molar-refractivity contribution is 0.428. The van der Waals surface area contributed by atoms with Crippen LogP contribution < -0.4 is 5.56 Å². The predicted octanol–water partition coefficient (Wildman–Crippen LogP) is 6.29. The van der Waals surface area contributed by atoms with Crippen molar-refractivity contribution < 1.29 is 8.91 Å². The molecule has 0 aliphatic carbocycles. The third kappa shape index (κ3) is 4.34. The Morgan fingerprint density at radius 2 is 1.76 bits per heavy atom. The second-order valence-electron chi connectivity index (χ2n) is 8.09. The summed E-state index contributed by atoms with van der Waals surface area (Å²) in [5.74, 6) is 0.762. The van der Waals surface area contributed by atoms with Crippen molar-refractivity contribution in [3.63, 3.8) is 0 Å². The molecular weight excluding hydrogens is 449 g/mol. The maximum absolute atomic E-state index is 14.0. The van der Waals surface area contributed by atoms with E-state index in [-0.39, 0.29) is 11.4 Å². The molecule has 3 aromatic heterocycles. The lowest BCUT2D eigenvalue weighted by atomic mass is 10.1. The maximum atomic E-state index is 14.0. The molecule has 5 nitrogen and oxygen atoms in total. The maximum Gasteiger partial charge on any atom is 0.262 e. The van der Waals surface area contributed by atoms with E-state index in [1.165, 1.54) is 23.5 Å². The summed E-state index contributed by atoms with van der Waals surface area (Å²) in [6.45, 7) is 4.11. The molecule has 0 spiro atoms. The molecule has 5 aromatic rings. The van der Waals surface area contributed by atoms with Crippen LogP contribution in [0.2, 0.25) is 0 Å². The molecule has 5 rings (SSSR count). The van der Waals surface area contributed by atoms with Gasteiger partial charge in [0.25, 0.3) is 5.56 Å². The van der Waals surface area contributed by atoms with Crippen LogP contribution >= 0.6 is 11.3 Å². The van der Waals surface area contributed by atoms with E-state index in [0.717, 1.165) is 21.0 Å². The molecule has 0 aliphatic heterocycles. The Labute approximate surface area is 200 Å². The average molecular weight is 472 g/mol. The van der Waals surface area contributed by atoms with Crippen LogP contribution in [0.5, 0.6) is 0 Å². The van der Waals surface area contributed by atoms with Crippen LogP contribution in [0.25, 0.3) is 32.5 Å². The first-order valence-corrected chi connectivity index (χ1v) is 11.8. The number of halogens is 1. The highest BCUT2D eigenvalue weighted by Crippen LogP contribution is 2.35. The van der Waals surface area contributed by atoms with E-state index < -0.39 is 0 Å². The zero-order valence-corrected chi connectivity index (χ0v) is 19.6. The fourth-order valence-electron chi connectivity index (χ4n) is 3.97. The first kappa shape index (κ1) is 22.0. The molecule has 0 saturated carbocycles. The molecule has 3 heterocycles. The molecule has 170 valence electrons. The number of nitrogens with zero attached hydrogens (tertiary/aromatic N) is 3. The number of hydrogen-bond acceptors (Lipinski definition) is 5. The van der Waals surface area contributed by atoms with Gasteiger partial charge in [-0.2, -0.15) is 0 Å². The van der Waals surface area contributed by atoms with Crippen LogP contribution in [0.1, 0.15) is 17.0 Å². The Kier molecular flexibility index (Phi) is 5.94. The third-order valence-corrected chi connectivity index (χ3v) is 6.74. The minimum Gasteiger partial charge on any atom is -0.355 e. The minimum atomic E-state index is -0.367. The molecule has 2 aromatic carbocycles. The largest absolute Gasteiger partial charge is 0.355 e. The number of hydrogen-bond donors (Lipinski definition) is 0. The van der Waals surface area contributed by atoms with Crippen molar-refractivity contribution in [1.29, 1.82) is 0 Å². The second kappa shape index (κ2) is 9.19. The summed E-state index contributed by atoms with van der Waals surface area (Å²) in [5.41, 5.74) is 3.48. The predicted molar refractivity (Wildman–Crippen MR) is 132 cm³/mol. The van der Waals surface area contributed by atoms with Gasteiger partial charge in [0.05, 0.1) is 21.8 Å². The van der Waals surface area contributed by atoms with Crippen LogP contribution in [0.3, 0.4) is 0 Å². The highest BCUT2D eigenvalue weighted by molar-refractivity contribution is 7.18. The van der Waals surface area contributed by atoms with Gasteiger partial charge in [0.2, 0.25) is 0 Å². The molecule has 0 aliphatic rings. The van der Waals surface area contributed by atoms with Gasteiger partial charge < -0.3 is 4.52 Å². The summed E-state index contributed by atoms with van der Waals surface area (Å²) in [5, 5.41) is 3.95. The van der Waals surface area contributed by atoms with Crippen molar-refractivity contribution in [2.45, 2.75) is 26.8 Å². The number of aryl methyl sites for hydroxylation is 3. The summed E-state index contributed by atoms with van der Waals surface area (Å²) in [6, 6.07) is 21.9.